The fourth-order valence-electron chi connectivity index (χ4n) is 3.27. The van der Waals surface area contributed by atoms with Crippen molar-refractivity contribution in [3.05, 3.63) is 11.6 Å². The van der Waals surface area contributed by atoms with Crippen LogP contribution in [0.2, 0.25) is 0 Å². The molecule has 3 nitrogen and oxygen atoms in total. The minimum Gasteiger partial charge on any atom is -0.394 e. The predicted octanol–water partition coefficient (Wildman–Crippen LogP) is 6.18. The first-order valence-electron chi connectivity index (χ1n) is 10.8. The lowest BCUT2D eigenvalue weighted by atomic mass is 9.99. The number of unbranched alkanes of at least 4 members (excludes halogenated alkanes) is 4. The van der Waals surface area contributed by atoms with Crippen molar-refractivity contribution in [1.29, 1.82) is 0 Å². The molecule has 2 aliphatic rings. The predicted molar refractivity (Wildman–Crippen MR) is 110 cm³/mol. The molecule has 0 aromatic rings. The molecule has 2 saturated carbocycles. The van der Waals surface area contributed by atoms with Gasteiger partial charge in [-0.25, -0.2) is 0 Å². The minimum atomic E-state index is -0.167. The molecule has 2 aliphatic carbocycles. The molecule has 0 spiro atoms. The zero-order chi connectivity index (χ0) is 19.8. The van der Waals surface area contributed by atoms with E-state index in [1.54, 1.807) is 13.8 Å². The SMILES string of the molecule is CC(C)O.CCCC/C=C1\CCCC1=O.CCCCCC1CCCC1=O. The number of hydrogen-bond donors (Lipinski definition) is 1. The van der Waals surface area contributed by atoms with Gasteiger partial charge in [-0.1, -0.05) is 52.0 Å². The summed E-state index contributed by atoms with van der Waals surface area (Å²) in [5.74, 6) is 1.36. The number of carbonyl (C=O) groups excluding carboxylic acids is 2. The maximum atomic E-state index is 11.2. The molecule has 0 bridgehead atoms. The highest BCUT2D eigenvalue weighted by Crippen LogP contribution is 2.26. The summed E-state index contributed by atoms with van der Waals surface area (Å²) in [4.78, 5) is 22.3. The minimum absolute atomic E-state index is 0.167. The van der Waals surface area contributed by atoms with E-state index in [4.69, 9.17) is 5.11 Å². The zero-order valence-electron chi connectivity index (χ0n) is 17.7. The number of carbonyl (C=O) groups is 2. The Hall–Kier alpha value is -0.960. The topological polar surface area (TPSA) is 54.4 Å². The molecule has 1 unspecified atom stereocenters. The summed E-state index contributed by atoms with van der Waals surface area (Å²) in [7, 11) is 0. The van der Waals surface area contributed by atoms with E-state index in [-0.39, 0.29) is 6.10 Å². The number of aliphatic hydroxyl groups excluding tert-OH is 1. The second-order valence-corrected chi connectivity index (χ2v) is 7.79. The highest BCUT2D eigenvalue weighted by molar-refractivity contribution is 5.97. The average molecular weight is 367 g/mol. The lowest BCUT2D eigenvalue weighted by Crippen LogP contribution is -2.05. The van der Waals surface area contributed by atoms with Crippen LogP contribution in [0.3, 0.4) is 0 Å². The fourth-order valence-corrected chi connectivity index (χ4v) is 3.27. The molecule has 152 valence electrons. The monoisotopic (exact) mass is 366 g/mol. The van der Waals surface area contributed by atoms with Crippen LogP contribution >= 0.6 is 0 Å². The Morgan fingerprint density at radius 3 is 2.12 bits per heavy atom. The smallest absolute Gasteiger partial charge is 0.158 e. The third kappa shape index (κ3) is 13.3. The van der Waals surface area contributed by atoms with E-state index in [9.17, 15) is 9.59 Å². The highest BCUT2D eigenvalue weighted by Gasteiger charge is 2.23. The molecule has 0 saturated heterocycles. The van der Waals surface area contributed by atoms with Crippen molar-refractivity contribution in [2.24, 2.45) is 5.92 Å². The molecule has 1 N–H and O–H groups in total. The average Bonchev–Trinajstić information content (AvgIpc) is 3.17. The summed E-state index contributed by atoms with van der Waals surface area (Å²) >= 11 is 0. The quantitative estimate of drug-likeness (QED) is 0.432. The Bertz CT molecular complexity index is 407. The number of hydrogen-bond acceptors (Lipinski definition) is 3. The van der Waals surface area contributed by atoms with Gasteiger partial charge in [0.2, 0.25) is 0 Å². The molecule has 2 fully saturated rings. The maximum Gasteiger partial charge on any atom is 0.158 e. The Morgan fingerprint density at radius 1 is 1.00 bits per heavy atom. The summed E-state index contributed by atoms with van der Waals surface area (Å²) in [6.45, 7) is 7.82. The summed E-state index contributed by atoms with van der Waals surface area (Å²) < 4.78 is 0. The Labute approximate surface area is 161 Å². The molecule has 0 aromatic heterocycles. The van der Waals surface area contributed by atoms with Gasteiger partial charge in [-0.3, -0.25) is 9.59 Å². The van der Waals surface area contributed by atoms with Gasteiger partial charge in [0.25, 0.3) is 0 Å². The molecule has 2 rings (SSSR count). The first-order valence-corrected chi connectivity index (χ1v) is 10.8. The van der Waals surface area contributed by atoms with Crippen LogP contribution in [0, 0.1) is 5.92 Å². The maximum absolute atomic E-state index is 11.2. The third-order valence-corrected chi connectivity index (χ3v) is 4.74. The third-order valence-electron chi connectivity index (χ3n) is 4.74. The number of ketones is 2. The zero-order valence-corrected chi connectivity index (χ0v) is 17.7. The van der Waals surface area contributed by atoms with Gasteiger partial charge < -0.3 is 5.11 Å². The normalized spacial score (nSPS) is 20.8. The lowest BCUT2D eigenvalue weighted by molar-refractivity contribution is -0.120. The van der Waals surface area contributed by atoms with Crippen molar-refractivity contribution in [3.63, 3.8) is 0 Å². The molecule has 26 heavy (non-hydrogen) atoms. The summed E-state index contributed by atoms with van der Waals surface area (Å²) in [5, 5.41) is 8.06. The Kier molecular flexibility index (Phi) is 15.6. The van der Waals surface area contributed by atoms with E-state index in [0.29, 0.717) is 17.5 Å². The van der Waals surface area contributed by atoms with Crippen molar-refractivity contribution in [2.45, 2.75) is 117 Å². The van der Waals surface area contributed by atoms with Crippen LogP contribution in [0.5, 0.6) is 0 Å². The molecule has 0 aromatic carbocycles. The molecular formula is C23H42O3. The van der Waals surface area contributed by atoms with E-state index in [0.717, 1.165) is 50.5 Å². The molecular weight excluding hydrogens is 324 g/mol. The largest absolute Gasteiger partial charge is 0.394 e. The Balaban J connectivity index is 0.000000401. The number of rotatable bonds is 7. The van der Waals surface area contributed by atoms with Gasteiger partial charge >= 0.3 is 0 Å². The van der Waals surface area contributed by atoms with Gasteiger partial charge in [-0.15, -0.1) is 0 Å². The van der Waals surface area contributed by atoms with E-state index in [1.807, 2.05) is 0 Å². The first kappa shape index (κ1) is 25.0. The van der Waals surface area contributed by atoms with E-state index in [1.165, 1.54) is 38.5 Å². The van der Waals surface area contributed by atoms with Crippen molar-refractivity contribution in [2.75, 3.05) is 0 Å². The number of Topliss-reactive ketones (excluding diaryl/α,β-unsaturated/α-hetero) is 2. The van der Waals surface area contributed by atoms with Crippen LogP contribution in [0.4, 0.5) is 0 Å². The van der Waals surface area contributed by atoms with Gasteiger partial charge in [0.05, 0.1) is 0 Å². The van der Waals surface area contributed by atoms with E-state index in [2.05, 4.69) is 19.9 Å². The molecule has 0 amide bonds. The second-order valence-electron chi connectivity index (χ2n) is 7.79. The summed E-state index contributed by atoms with van der Waals surface area (Å²) in [6, 6.07) is 0. The van der Waals surface area contributed by atoms with Crippen molar-refractivity contribution in [3.8, 4) is 0 Å². The van der Waals surface area contributed by atoms with Crippen LogP contribution in [-0.2, 0) is 9.59 Å². The fraction of sp³-hybridized carbons (Fsp3) is 0.826. The van der Waals surface area contributed by atoms with Crippen LogP contribution < -0.4 is 0 Å². The molecule has 3 heteroatoms. The van der Waals surface area contributed by atoms with Crippen molar-refractivity contribution < 1.29 is 14.7 Å². The molecule has 0 radical (unpaired) electrons. The Morgan fingerprint density at radius 2 is 1.65 bits per heavy atom. The van der Waals surface area contributed by atoms with Gasteiger partial charge in [0.1, 0.15) is 5.78 Å². The molecule has 1 atom stereocenters. The summed E-state index contributed by atoms with van der Waals surface area (Å²) in [6.07, 6.45) is 16.6. The van der Waals surface area contributed by atoms with Crippen LogP contribution in [0.1, 0.15) is 111 Å². The van der Waals surface area contributed by atoms with Crippen molar-refractivity contribution >= 4 is 11.6 Å². The van der Waals surface area contributed by atoms with Crippen molar-refractivity contribution in [1.82, 2.24) is 0 Å². The van der Waals surface area contributed by atoms with Crippen LogP contribution in [0.15, 0.2) is 11.6 Å². The molecule has 0 heterocycles. The van der Waals surface area contributed by atoms with Crippen LogP contribution in [-0.4, -0.2) is 22.8 Å². The number of aliphatic hydroxyl groups is 1. The van der Waals surface area contributed by atoms with Crippen LogP contribution in [0.25, 0.3) is 0 Å². The van der Waals surface area contributed by atoms with E-state index < -0.39 is 0 Å². The summed E-state index contributed by atoms with van der Waals surface area (Å²) in [5.41, 5.74) is 1.10. The number of allylic oxidation sites excluding steroid dienone is 2. The van der Waals surface area contributed by atoms with Gasteiger partial charge in [0, 0.05) is 24.9 Å². The first-order chi connectivity index (χ1) is 12.4. The molecule has 0 aliphatic heterocycles. The second kappa shape index (κ2) is 16.2. The van der Waals surface area contributed by atoms with Gasteiger partial charge in [-0.2, -0.15) is 0 Å². The highest BCUT2D eigenvalue weighted by atomic mass is 16.3. The van der Waals surface area contributed by atoms with Gasteiger partial charge in [-0.05, 0) is 57.9 Å². The van der Waals surface area contributed by atoms with E-state index >= 15 is 0 Å². The van der Waals surface area contributed by atoms with Gasteiger partial charge in [0.15, 0.2) is 5.78 Å². The lowest BCUT2D eigenvalue weighted by Gasteiger charge is -2.05. The standard InChI is InChI=1S/C10H18O.C10H16O.C3H8O/c2*1-2-3-4-6-9-7-5-8-10(9)11;1-3(2)4/h9H,2-8H2,1H3;6H,2-5,7-8H2,1H3;3-4H,1-2H3/b;9-6+;.